The molecule has 0 saturated carbocycles. The van der Waals surface area contributed by atoms with E-state index >= 15 is 0 Å². The van der Waals surface area contributed by atoms with Gasteiger partial charge >= 0.3 is 64.2 Å². The summed E-state index contributed by atoms with van der Waals surface area (Å²) in [5.74, 6) is 0. The molecule has 2 heteroatoms. The van der Waals surface area contributed by atoms with Crippen LogP contribution in [0.25, 0.3) is 0 Å². The van der Waals surface area contributed by atoms with Crippen molar-refractivity contribution in [3.63, 3.8) is 0 Å². The van der Waals surface area contributed by atoms with Gasteiger partial charge in [0.1, 0.15) is 0 Å². The average Bonchev–Trinajstić information content (AvgIpc) is 2.37. The van der Waals surface area contributed by atoms with E-state index in [1.807, 2.05) is 30.6 Å². The maximum absolute atomic E-state index is 3.70. The number of hydrogen-bond donors (Lipinski definition) is 0. The molecule has 0 aromatic carbocycles. The fraction of sp³-hybridized carbons (Fsp3) is 0.143. The predicted molar refractivity (Wildman–Crippen MR) is 39.4 cm³/mol. The van der Waals surface area contributed by atoms with Gasteiger partial charge in [-0.3, -0.25) is 0 Å². The predicted octanol–water partition coefficient (Wildman–Crippen LogP) is 1.34. The molecule has 1 rings (SSSR count). The van der Waals surface area contributed by atoms with Crippen LogP contribution < -0.4 is 0 Å². The number of allylic oxidation sites excluding steroid dienone is 1. The molecule has 0 spiro atoms. The van der Waals surface area contributed by atoms with Crippen molar-refractivity contribution in [3.8, 4) is 0 Å². The summed E-state index contributed by atoms with van der Waals surface area (Å²) in [4.78, 5) is 0. The van der Waals surface area contributed by atoms with Gasteiger partial charge < -0.3 is 0 Å². The number of nitrogens with zero attached hydrogens (tertiary/aromatic N) is 1. The van der Waals surface area contributed by atoms with Crippen LogP contribution >= 0.6 is 0 Å². The standard InChI is InChI=1S/C7H8N.Li/c1-2-5-8-6-3-4-7-8;/h2-7H,1H2;. The van der Waals surface area contributed by atoms with Crippen LogP contribution in [0.2, 0.25) is 0 Å². The van der Waals surface area contributed by atoms with Crippen molar-refractivity contribution in [3.05, 3.63) is 37.2 Å². The van der Waals surface area contributed by atoms with Gasteiger partial charge in [0.15, 0.2) is 0 Å². The van der Waals surface area contributed by atoms with E-state index in [1.54, 1.807) is 0 Å². The molecule has 0 saturated heterocycles. The number of rotatable bonds is 2. The van der Waals surface area contributed by atoms with Crippen LogP contribution in [-0.2, 0) is 0 Å². The van der Waals surface area contributed by atoms with Crippen molar-refractivity contribution in [1.29, 1.82) is 0 Å². The molecule has 1 aromatic rings. The Hall–Kier alpha value is -0.383. The van der Waals surface area contributed by atoms with Crippen LogP contribution in [0.4, 0.5) is 0 Å². The fourth-order valence-corrected chi connectivity index (χ4v) is 0.741. The van der Waals surface area contributed by atoms with Gasteiger partial charge in [0.25, 0.3) is 0 Å². The molecule has 0 fully saturated rings. The van der Waals surface area contributed by atoms with E-state index in [2.05, 4.69) is 28.9 Å². The first-order chi connectivity index (χ1) is 4.34. The molecule has 1 nitrogen and oxygen atoms in total. The molecule has 1 aromatic heterocycles. The summed E-state index contributed by atoms with van der Waals surface area (Å²) in [6.45, 7) is 3.70. The van der Waals surface area contributed by atoms with Crippen LogP contribution in [0.5, 0.6) is 0 Å². The van der Waals surface area contributed by atoms with Crippen molar-refractivity contribution >= 4 is 17.7 Å². The van der Waals surface area contributed by atoms with Crippen LogP contribution in [0.3, 0.4) is 0 Å². The van der Waals surface area contributed by atoms with E-state index in [4.69, 9.17) is 0 Å². The zero-order chi connectivity index (χ0) is 6.69. The Balaban J connectivity index is 2.76. The van der Waals surface area contributed by atoms with E-state index < -0.39 is 0 Å². The molecular weight excluding hydrogens is 105 g/mol. The summed E-state index contributed by atoms with van der Waals surface area (Å²) in [6, 6.07) is 4.03. The van der Waals surface area contributed by atoms with Crippen molar-refractivity contribution in [2.45, 2.75) is 4.71 Å². The quantitative estimate of drug-likeness (QED) is 0.403. The molecule has 0 aliphatic carbocycles. The summed E-state index contributed by atoms with van der Waals surface area (Å²) < 4.78 is 2.52. The van der Waals surface area contributed by atoms with Gasteiger partial charge in [-0.2, -0.15) is 0 Å². The fourth-order valence-electron chi connectivity index (χ4n) is 0.741. The third-order valence-electron chi connectivity index (χ3n) is 1.44. The zero-order valence-electron chi connectivity index (χ0n) is 5.62. The van der Waals surface area contributed by atoms with E-state index in [1.165, 1.54) is 0 Å². The minimum absolute atomic E-state index is 0.417. The molecule has 9 heavy (non-hydrogen) atoms. The van der Waals surface area contributed by atoms with Crippen LogP contribution in [0.15, 0.2) is 37.2 Å². The second-order valence-corrected chi connectivity index (χ2v) is 2.11. The summed E-state index contributed by atoms with van der Waals surface area (Å²) in [6.07, 6.45) is 5.98. The summed E-state index contributed by atoms with van der Waals surface area (Å²) in [7, 11) is 0. The normalized spacial score (nSPS) is 13.1. The van der Waals surface area contributed by atoms with Crippen LogP contribution in [0.1, 0.15) is 4.71 Å². The van der Waals surface area contributed by atoms with Crippen LogP contribution in [-0.4, -0.2) is 22.3 Å². The van der Waals surface area contributed by atoms with Gasteiger partial charge in [-0.1, -0.05) is 0 Å². The van der Waals surface area contributed by atoms with Gasteiger partial charge in [0.2, 0.25) is 0 Å². The Bertz CT molecular complexity index is 179. The van der Waals surface area contributed by atoms with Crippen molar-refractivity contribution in [2.75, 3.05) is 0 Å². The minimum atomic E-state index is 0.417. The second kappa shape index (κ2) is 2.96. The summed E-state index contributed by atoms with van der Waals surface area (Å²) >= 11 is 2.10. The molecule has 42 valence electrons. The first-order valence-electron chi connectivity index (χ1n) is 3.09. The molecule has 1 atom stereocenters. The van der Waals surface area contributed by atoms with Crippen molar-refractivity contribution < 1.29 is 0 Å². The third kappa shape index (κ3) is 1.51. The first kappa shape index (κ1) is 6.73. The molecule has 0 aliphatic rings. The van der Waals surface area contributed by atoms with E-state index in [0.29, 0.717) is 4.71 Å². The average molecular weight is 113 g/mol. The SMILES string of the molecule is [Li][CH](C=C)n1cccc1. The van der Waals surface area contributed by atoms with Crippen molar-refractivity contribution in [1.82, 2.24) is 4.57 Å². The Kier molecular flexibility index (Phi) is 2.21. The molecule has 0 amide bonds. The molecular formula is C7H8LiN. The maximum atomic E-state index is 3.70. The van der Waals surface area contributed by atoms with E-state index in [-0.39, 0.29) is 0 Å². The molecule has 1 unspecified atom stereocenters. The first-order valence-corrected chi connectivity index (χ1v) is 3.09. The van der Waals surface area contributed by atoms with E-state index in [0.717, 1.165) is 0 Å². The summed E-state index contributed by atoms with van der Waals surface area (Å²) in [5, 5.41) is 0. The van der Waals surface area contributed by atoms with Crippen molar-refractivity contribution in [2.24, 2.45) is 0 Å². The topological polar surface area (TPSA) is 4.93 Å². The molecule has 0 N–H and O–H groups in total. The zero-order valence-corrected chi connectivity index (χ0v) is 5.62. The summed E-state index contributed by atoms with van der Waals surface area (Å²) in [5.41, 5.74) is 0. The second-order valence-electron chi connectivity index (χ2n) is 2.11. The van der Waals surface area contributed by atoms with Crippen LogP contribution in [0, 0.1) is 0 Å². The molecule has 0 radical (unpaired) electrons. The molecule has 0 bridgehead atoms. The number of aromatic nitrogens is 1. The third-order valence-corrected chi connectivity index (χ3v) is 1.44. The van der Waals surface area contributed by atoms with E-state index in [9.17, 15) is 0 Å². The van der Waals surface area contributed by atoms with Gasteiger partial charge in [0.05, 0.1) is 0 Å². The Morgan fingerprint density at radius 3 is 2.44 bits per heavy atom. The Labute approximate surface area is 64.6 Å². The number of hydrogen-bond acceptors (Lipinski definition) is 0. The van der Waals surface area contributed by atoms with Gasteiger partial charge in [-0.15, -0.1) is 0 Å². The molecule has 0 aliphatic heterocycles. The monoisotopic (exact) mass is 113 g/mol. The van der Waals surface area contributed by atoms with Gasteiger partial charge in [-0.25, -0.2) is 0 Å². The Morgan fingerprint density at radius 2 is 2.00 bits per heavy atom. The van der Waals surface area contributed by atoms with Gasteiger partial charge in [-0.05, 0) is 0 Å². The molecule has 1 heterocycles. The van der Waals surface area contributed by atoms with Gasteiger partial charge in [0, 0.05) is 0 Å². The Morgan fingerprint density at radius 1 is 1.44 bits per heavy atom.